The summed E-state index contributed by atoms with van der Waals surface area (Å²) in [5.74, 6) is -3.15. The zero-order chi connectivity index (χ0) is 11.5. The summed E-state index contributed by atoms with van der Waals surface area (Å²) in [5.41, 5.74) is 0. The predicted molar refractivity (Wildman–Crippen MR) is 54.2 cm³/mol. The van der Waals surface area contributed by atoms with Gasteiger partial charge in [-0.15, -0.1) is 0 Å². The first-order valence-electron chi connectivity index (χ1n) is 5.49. The average Bonchev–Trinajstić information content (AvgIpc) is 2.91. The highest BCUT2D eigenvalue weighted by molar-refractivity contribution is 4.88. The van der Waals surface area contributed by atoms with Crippen molar-refractivity contribution < 1.29 is 18.3 Å². The summed E-state index contributed by atoms with van der Waals surface area (Å²) in [7, 11) is 1.64. The van der Waals surface area contributed by atoms with Gasteiger partial charge in [0.2, 0.25) is 0 Å². The molecule has 0 aromatic rings. The lowest BCUT2D eigenvalue weighted by molar-refractivity contribution is -0.0598. The minimum absolute atomic E-state index is 0.0883. The molecule has 1 aliphatic rings. The van der Waals surface area contributed by atoms with Gasteiger partial charge in [0.15, 0.2) is 0 Å². The number of hydrogen-bond donors (Lipinski definition) is 0. The molecule has 2 nitrogen and oxygen atoms in total. The van der Waals surface area contributed by atoms with Gasteiger partial charge < -0.3 is 9.47 Å². The van der Waals surface area contributed by atoms with Crippen molar-refractivity contribution in [3.63, 3.8) is 0 Å². The molecule has 0 aromatic heterocycles. The number of hydrogen-bond acceptors (Lipinski definition) is 2. The second-order valence-corrected chi connectivity index (χ2v) is 4.44. The summed E-state index contributed by atoms with van der Waals surface area (Å²) in [6.07, 6.45) is 1.56. The summed E-state index contributed by atoms with van der Waals surface area (Å²) in [5, 5.41) is 0. The molecular formula is C11H20F2O2. The fourth-order valence-corrected chi connectivity index (χ4v) is 1.41. The summed E-state index contributed by atoms with van der Waals surface area (Å²) < 4.78 is 36.7. The Morgan fingerprint density at radius 2 is 2.00 bits per heavy atom. The van der Waals surface area contributed by atoms with Gasteiger partial charge in [-0.1, -0.05) is 13.8 Å². The second kappa shape index (κ2) is 5.21. The van der Waals surface area contributed by atoms with E-state index in [-0.39, 0.29) is 18.6 Å². The van der Waals surface area contributed by atoms with E-state index in [1.54, 1.807) is 21.0 Å². The molecule has 0 radical (unpaired) electrons. The molecule has 1 saturated carbocycles. The maximum absolute atomic E-state index is 13.1. The monoisotopic (exact) mass is 222 g/mol. The van der Waals surface area contributed by atoms with Crippen molar-refractivity contribution in [1.82, 2.24) is 0 Å². The van der Waals surface area contributed by atoms with E-state index in [9.17, 15) is 8.78 Å². The summed E-state index contributed by atoms with van der Waals surface area (Å²) >= 11 is 0. The molecule has 1 rings (SSSR count). The molecular weight excluding hydrogens is 202 g/mol. The van der Waals surface area contributed by atoms with Crippen LogP contribution in [0.5, 0.6) is 0 Å². The van der Waals surface area contributed by atoms with Crippen molar-refractivity contribution in [2.45, 2.75) is 51.2 Å². The molecule has 0 aliphatic heterocycles. The number of alkyl halides is 2. The highest BCUT2D eigenvalue weighted by atomic mass is 19.3. The maximum Gasteiger partial charge on any atom is 0.250 e. The van der Waals surface area contributed by atoms with Crippen LogP contribution in [0.4, 0.5) is 8.78 Å². The third-order valence-electron chi connectivity index (χ3n) is 2.81. The molecule has 15 heavy (non-hydrogen) atoms. The highest BCUT2D eigenvalue weighted by Gasteiger charge is 2.38. The number of methoxy groups -OCH3 is 1. The van der Waals surface area contributed by atoms with Crippen LogP contribution in [0.1, 0.15) is 33.1 Å². The van der Waals surface area contributed by atoms with E-state index >= 15 is 0 Å². The Morgan fingerprint density at radius 3 is 2.47 bits per heavy atom. The molecule has 1 aliphatic carbocycles. The van der Waals surface area contributed by atoms with Gasteiger partial charge in [0.25, 0.3) is 5.92 Å². The first-order chi connectivity index (χ1) is 6.97. The predicted octanol–water partition coefficient (Wildman–Crippen LogP) is 2.86. The molecule has 1 fully saturated rings. The maximum atomic E-state index is 13.1. The lowest BCUT2D eigenvalue weighted by Crippen LogP contribution is -2.24. The Hall–Kier alpha value is -0.220. The minimum atomic E-state index is -2.56. The van der Waals surface area contributed by atoms with Crippen molar-refractivity contribution in [1.29, 1.82) is 0 Å². The number of ether oxygens (including phenoxy) is 2. The van der Waals surface area contributed by atoms with Gasteiger partial charge >= 0.3 is 0 Å². The average molecular weight is 222 g/mol. The molecule has 0 amide bonds. The summed E-state index contributed by atoms with van der Waals surface area (Å²) in [6.45, 7) is 3.50. The van der Waals surface area contributed by atoms with E-state index in [1.165, 1.54) is 0 Å². The zero-order valence-corrected chi connectivity index (χ0v) is 9.63. The molecule has 2 atom stereocenters. The highest BCUT2D eigenvalue weighted by Crippen LogP contribution is 2.31. The van der Waals surface area contributed by atoms with Gasteiger partial charge in [-0.25, -0.2) is 8.78 Å². The SMILES string of the molecule is COC1CC1OCCCC(F)(F)C(C)C. The standard InChI is InChI=1S/C11H20F2O2/c1-8(2)11(12,13)5-4-6-15-10-7-9(10)14-3/h8-10H,4-7H2,1-3H3. The minimum Gasteiger partial charge on any atom is -0.379 e. The molecule has 0 saturated heterocycles. The normalized spacial score (nSPS) is 26.0. The largest absolute Gasteiger partial charge is 0.379 e. The van der Waals surface area contributed by atoms with Crippen molar-refractivity contribution in [2.75, 3.05) is 13.7 Å². The third-order valence-corrected chi connectivity index (χ3v) is 2.81. The molecule has 0 heterocycles. The molecule has 90 valence electrons. The second-order valence-electron chi connectivity index (χ2n) is 4.44. The van der Waals surface area contributed by atoms with E-state index < -0.39 is 11.8 Å². The van der Waals surface area contributed by atoms with Gasteiger partial charge in [-0.05, 0) is 6.42 Å². The molecule has 0 bridgehead atoms. The smallest absolute Gasteiger partial charge is 0.250 e. The third kappa shape index (κ3) is 4.03. The molecule has 0 N–H and O–H groups in total. The van der Waals surface area contributed by atoms with E-state index in [2.05, 4.69) is 0 Å². The topological polar surface area (TPSA) is 18.5 Å². The van der Waals surface area contributed by atoms with E-state index in [0.29, 0.717) is 13.0 Å². The van der Waals surface area contributed by atoms with Gasteiger partial charge in [-0.3, -0.25) is 0 Å². The molecule has 0 spiro atoms. The van der Waals surface area contributed by atoms with Crippen LogP contribution in [-0.4, -0.2) is 31.8 Å². The Balaban J connectivity index is 2.02. The van der Waals surface area contributed by atoms with Crippen LogP contribution in [-0.2, 0) is 9.47 Å². The van der Waals surface area contributed by atoms with Crippen molar-refractivity contribution in [2.24, 2.45) is 5.92 Å². The molecule has 4 heteroatoms. The van der Waals surface area contributed by atoms with Crippen LogP contribution in [0.3, 0.4) is 0 Å². The van der Waals surface area contributed by atoms with Gasteiger partial charge in [0.05, 0.1) is 12.2 Å². The fourth-order valence-electron chi connectivity index (χ4n) is 1.41. The van der Waals surface area contributed by atoms with Crippen molar-refractivity contribution in [3.8, 4) is 0 Å². The van der Waals surface area contributed by atoms with Gasteiger partial charge in [-0.2, -0.15) is 0 Å². The number of rotatable bonds is 7. The van der Waals surface area contributed by atoms with E-state index in [0.717, 1.165) is 6.42 Å². The van der Waals surface area contributed by atoms with Gasteiger partial charge in [0.1, 0.15) is 0 Å². The zero-order valence-electron chi connectivity index (χ0n) is 9.63. The molecule has 2 unspecified atom stereocenters. The van der Waals surface area contributed by atoms with Crippen LogP contribution in [0, 0.1) is 5.92 Å². The van der Waals surface area contributed by atoms with Gasteiger partial charge in [0, 0.05) is 32.5 Å². The van der Waals surface area contributed by atoms with E-state index in [1.807, 2.05) is 0 Å². The van der Waals surface area contributed by atoms with Crippen LogP contribution >= 0.6 is 0 Å². The van der Waals surface area contributed by atoms with Crippen LogP contribution in [0.25, 0.3) is 0 Å². The van der Waals surface area contributed by atoms with E-state index in [4.69, 9.17) is 9.47 Å². The summed E-state index contributed by atoms with van der Waals surface area (Å²) in [4.78, 5) is 0. The Kier molecular flexibility index (Phi) is 4.46. The Labute approximate surface area is 89.9 Å². The van der Waals surface area contributed by atoms with Crippen molar-refractivity contribution in [3.05, 3.63) is 0 Å². The lowest BCUT2D eigenvalue weighted by atomic mass is 10.0. The lowest BCUT2D eigenvalue weighted by Gasteiger charge is -2.19. The first-order valence-corrected chi connectivity index (χ1v) is 5.49. The quantitative estimate of drug-likeness (QED) is 0.617. The first kappa shape index (κ1) is 12.8. The fraction of sp³-hybridized carbons (Fsp3) is 1.00. The number of halogens is 2. The van der Waals surface area contributed by atoms with Crippen LogP contribution < -0.4 is 0 Å². The van der Waals surface area contributed by atoms with Crippen LogP contribution in [0.2, 0.25) is 0 Å². The Bertz CT molecular complexity index is 195. The summed E-state index contributed by atoms with van der Waals surface area (Å²) in [6, 6.07) is 0. The molecule has 0 aromatic carbocycles. The van der Waals surface area contributed by atoms with Crippen LogP contribution in [0.15, 0.2) is 0 Å². The Morgan fingerprint density at radius 1 is 1.33 bits per heavy atom. The van der Waals surface area contributed by atoms with Crippen molar-refractivity contribution >= 4 is 0 Å².